The van der Waals surface area contributed by atoms with Crippen LogP contribution in [0.2, 0.25) is 0 Å². The van der Waals surface area contributed by atoms with Gasteiger partial charge in [0, 0.05) is 13.0 Å². The average molecular weight is 785 g/mol. The summed E-state index contributed by atoms with van der Waals surface area (Å²) in [6.07, 6.45) is 27.1. The van der Waals surface area contributed by atoms with E-state index in [1.807, 2.05) is 0 Å². The van der Waals surface area contributed by atoms with E-state index in [9.17, 15) is 39.8 Å². The Hall–Kier alpha value is -2.22. The van der Waals surface area contributed by atoms with Crippen molar-refractivity contribution in [3.63, 3.8) is 0 Å². The maximum absolute atomic E-state index is 12.7. The highest BCUT2D eigenvalue weighted by Gasteiger charge is 2.51. The molecule has 54 heavy (non-hydrogen) atoms. The lowest BCUT2D eigenvalue weighted by molar-refractivity contribution is -0.220. The Balaban J connectivity index is 2.53. The number of aliphatic hydroxyl groups is 5. The topological polar surface area (TPSA) is 192 Å². The summed E-state index contributed by atoms with van der Waals surface area (Å²) in [4.78, 5) is 23.0. The molecule has 1 saturated carbocycles. The van der Waals surface area contributed by atoms with Crippen LogP contribution in [0.1, 0.15) is 117 Å². The molecule has 0 radical (unpaired) electrons. The molecular weight excluding hydrogens is 715 g/mol. The highest BCUT2D eigenvalue weighted by atomic mass is 31.2. The summed E-state index contributed by atoms with van der Waals surface area (Å²) in [7, 11) is -5.03. The summed E-state index contributed by atoms with van der Waals surface area (Å²) in [6, 6.07) is 0. The van der Waals surface area contributed by atoms with Gasteiger partial charge in [0.1, 0.15) is 42.7 Å². The summed E-state index contributed by atoms with van der Waals surface area (Å²) in [5.41, 5.74) is 0. The molecule has 6 N–H and O–H groups in total. The molecule has 0 amide bonds. The van der Waals surface area contributed by atoms with E-state index >= 15 is 0 Å². The van der Waals surface area contributed by atoms with Crippen molar-refractivity contribution in [2.24, 2.45) is 0 Å². The molecule has 1 fully saturated rings. The summed E-state index contributed by atoms with van der Waals surface area (Å²) in [6.45, 7) is 3.88. The minimum Gasteiger partial charge on any atom is -0.457 e. The molecule has 0 bridgehead atoms. The van der Waals surface area contributed by atoms with Crippen molar-refractivity contribution in [1.82, 2.24) is 0 Å². The summed E-state index contributed by atoms with van der Waals surface area (Å²) >= 11 is 0. The molecule has 0 aromatic carbocycles. The average Bonchev–Trinajstić information content (AvgIpc) is 3.15. The lowest BCUT2D eigenvalue weighted by Crippen LogP contribution is -2.64. The zero-order valence-corrected chi connectivity index (χ0v) is 33.4. The molecule has 0 aromatic heterocycles. The van der Waals surface area contributed by atoms with Crippen LogP contribution < -0.4 is 0 Å². The first kappa shape index (κ1) is 49.8. The molecule has 12 nitrogen and oxygen atoms in total. The normalized spacial score (nSPS) is 24.2. The smallest absolute Gasteiger partial charge is 0.457 e. The molecular formula is C41H69O12P. The van der Waals surface area contributed by atoms with Gasteiger partial charge in [-0.25, -0.2) is 4.57 Å². The van der Waals surface area contributed by atoms with Gasteiger partial charge in [-0.2, -0.15) is 0 Å². The second-order valence-corrected chi connectivity index (χ2v) is 14.8. The number of hydrogen-bond acceptors (Lipinski definition) is 11. The van der Waals surface area contributed by atoms with Crippen LogP contribution in [0.3, 0.4) is 0 Å². The van der Waals surface area contributed by atoms with Gasteiger partial charge >= 0.3 is 13.8 Å². The molecule has 0 heterocycles. The Morgan fingerprint density at radius 1 is 0.611 bits per heavy atom. The van der Waals surface area contributed by atoms with Crippen LogP contribution in [0.4, 0.5) is 0 Å². The molecule has 1 aliphatic carbocycles. The molecule has 13 heteroatoms. The fourth-order valence-corrected chi connectivity index (χ4v) is 6.37. The van der Waals surface area contributed by atoms with E-state index in [2.05, 4.69) is 86.8 Å². The third-order valence-corrected chi connectivity index (χ3v) is 9.53. The van der Waals surface area contributed by atoms with Crippen molar-refractivity contribution in [3.05, 3.63) is 72.9 Å². The van der Waals surface area contributed by atoms with E-state index in [0.29, 0.717) is 19.4 Å². The first-order valence-electron chi connectivity index (χ1n) is 19.8. The molecule has 0 spiro atoms. The van der Waals surface area contributed by atoms with Crippen molar-refractivity contribution in [2.75, 3.05) is 19.8 Å². The minimum absolute atomic E-state index is 0.125. The van der Waals surface area contributed by atoms with Crippen molar-refractivity contribution in [3.8, 4) is 0 Å². The van der Waals surface area contributed by atoms with Crippen LogP contribution in [0.25, 0.3) is 0 Å². The van der Waals surface area contributed by atoms with E-state index < -0.39 is 63.1 Å². The first-order valence-corrected chi connectivity index (χ1v) is 21.3. The van der Waals surface area contributed by atoms with Crippen LogP contribution in [0.15, 0.2) is 72.9 Å². The highest BCUT2D eigenvalue weighted by Crippen LogP contribution is 2.47. The van der Waals surface area contributed by atoms with Gasteiger partial charge in [0.05, 0.1) is 13.2 Å². The molecule has 0 saturated heterocycles. The first-order chi connectivity index (χ1) is 26.0. The second kappa shape index (κ2) is 31.9. The monoisotopic (exact) mass is 784 g/mol. The quantitative estimate of drug-likeness (QED) is 0.0186. The number of esters is 1. The Kier molecular flexibility index (Phi) is 29.4. The third kappa shape index (κ3) is 24.3. The predicted molar refractivity (Wildman–Crippen MR) is 211 cm³/mol. The predicted octanol–water partition coefficient (Wildman–Crippen LogP) is 6.85. The molecule has 0 aliphatic heterocycles. The van der Waals surface area contributed by atoms with Gasteiger partial charge in [-0.3, -0.25) is 13.8 Å². The number of unbranched alkanes of at least 4 members (excludes halogenated alkanes) is 7. The van der Waals surface area contributed by atoms with Gasteiger partial charge in [-0.15, -0.1) is 0 Å². The number of aliphatic hydroxyl groups excluding tert-OH is 5. The number of hydrogen-bond donors (Lipinski definition) is 6. The molecule has 6 atom stereocenters. The largest absolute Gasteiger partial charge is 0.472 e. The number of rotatable bonds is 31. The van der Waals surface area contributed by atoms with E-state index in [0.717, 1.165) is 83.5 Å². The number of ether oxygens (including phenoxy) is 2. The molecule has 6 unspecified atom stereocenters. The highest BCUT2D eigenvalue weighted by molar-refractivity contribution is 7.47. The van der Waals surface area contributed by atoms with Crippen molar-refractivity contribution >= 4 is 13.8 Å². The van der Waals surface area contributed by atoms with Crippen molar-refractivity contribution < 1.29 is 58.3 Å². The Morgan fingerprint density at radius 3 is 1.67 bits per heavy atom. The summed E-state index contributed by atoms with van der Waals surface area (Å²) < 4.78 is 33.9. The molecule has 0 aromatic rings. The Bertz CT molecular complexity index is 1170. The lowest BCUT2D eigenvalue weighted by atomic mass is 9.85. The molecule has 310 valence electrons. The molecule has 1 rings (SSSR count). The van der Waals surface area contributed by atoms with E-state index in [-0.39, 0.29) is 13.0 Å². The minimum atomic E-state index is -5.03. The standard InChI is InChI=1S/C41H69O12P/c1-3-5-7-9-11-13-15-17-19-21-23-25-27-29-31-50-32-34(33-51-54(48,49)53-41-39(46)37(44)36(43)38(45)40(41)47)52-35(42)30-28-26-24-22-20-18-16-14-12-10-8-6-4-2/h5,7-8,10-11,13-14,16-17,19,23,25,34,36-41,43-47H,3-4,6,9,12,15,18,20-22,24,26-33H2,1-2H3,(H,48,49)/b7-5-,10-8-,13-11-,16-14-,19-17-,25-23-. The van der Waals surface area contributed by atoms with Crippen LogP contribution >= 0.6 is 7.82 Å². The zero-order valence-electron chi connectivity index (χ0n) is 32.5. The number of carbonyl (C=O) groups is 1. The maximum atomic E-state index is 12.7. The fraction of sp³-hybridized carbons (Fsp3) is 0.683. The van der Waals surface area contributed by atoms with Crippen LogP contribution in [-0.4, -0.2) is 98.9 Å². The maximum Gasteiger partial charge on any atom is 0.472 e. The van der Waals surface area contributed by atoms with Crippen molar-refractivity contribution in [2.45, 2.75) is 159 Å². The fourth-order valence-electron chi connectivity index (χ4n) is 5.39. The number of allylic oxidation sites excluding steroid dienone is 12. The number of carbonyl (C=O) groups excluding carboxylic acids is 1. The van der Waals surface area contributed by atoms with E-state index in [1.54, 1.807) is 0 Å². The van der Waals surface area contributed by atoms with Gasteiger partial charge in [0.15, 0.2) is 0 Å². The van der Waals surface area contributed by atoms with Gasteiger partial charge < -0.3 is 39.9 Å². The van der Waals surface area contributed by atoms with Gasteiger partial charge in [-0.05, 0) is 70.6 Å². The van der Waals surface area contributed by atoms with Crippen molar-refractivity contribution in [1.29, 1.82) is 0 Å². The second-order valence-electron chi connectivity index (χ2n) is 13.4. The zero-order chi connectivity index (χ0) is 39.9. The van der Waals surface area contributed by atoms with Gasteiger partial charge in [0.2, 0.25) is 0 Å². The molecule has 1 aliphatic rings. The van der Waals surface area contributed by atoms with Gasteiger partial charge in [-0.1, -0.05) is 112 Å². The Labute approximate surface area is 323 Å². The van der Waals surface area contributed by atoms with E-state index in [1.165, 1.54) is 0 Å². The lowest BCUT2D eigenvalue weighted by Gasteiger charge is -2.41. The number of phosphoric acid groups is 1. The van der Waals surface area contributed by atoms with Crippen LogP contribution in [-0.2, 0) is 27.9 Å². The number of phosphoric ester groups is 1. The van der Waals surface area contributed by atoms with E-state index in [4.69, 9.17) is 18.5 Å². The SMILES string of the molecule is CC/C=C\C/C=C\C/C=C\C/C=C\CCCOCC(COP(=O)(O)OC1C(O)C(O)C(O)C(O)C1O)OC(=O)CCCCCCC/C=C\C/C=C\CCC. The van der Waals surface area contributed by atoms with Crippen LogP contribution in [0.5, 0.6) is 0 Å². The summed E-state index contributed by atoms with van der Waals surface area (Å²) in [5.74, 6) is -0.516. The van der Waals surface area contributed by atoms with Crippen LogP contribution in [0, 0.1) is 0 Å². The van der Waals surface area contributed by atoms with Gasteiger partial charge in [0.25, 0.3) is 0 Å². The third-order valence-electron chi connectivity index (χ3n) is 8.54. The Morgan fingerprint density at radius 2 is 1.09 bits per heavy atom. The summed E-state index contributed by atoms with van der Waals surface area (Å²) in [5, 5.41) is 50.0.